The van der Waals surface area contributed by atoms with Gasteiger partial charge < -0.3 is 14.0 Å². The second-order valence-electron chi connectivity index (χ2n) is 4.56. The predicted molar refractivity (Wildman–Crippen MR) is 68.6 cm³/mol. The molecule has 0 spiro atoms. The van der Waals surface area contributed by atoms with Gasteiger partial charge in [0.1, 0.15) is 11.4 Å². The molecule has 0 aliphatic heterocycles. The maximum absolute atomic E-state index is 5.19. The van der Waals surface area contributed by atoms with Crippen molar-refractivity contribution in [3.8, 4) is 5.75 Å². The fourth-order valence-electron chi connectivity index (χ4n) is 1.78. The molecular formula is C13H19N3O. The normalized spacial score (nSPS) is 13.2. The van der Waals surface area contributed by atoms with Crippen LogP contribution in [0.5, 0.6) is 5.75 Å². The molecule has 0 amide bonds. The molecule has 2 rings (SSSR count). The Balaban J connectivity index is 2.30. The molecule has 2 heterocycles. The SMILES string of the molecule is COc1ccn2c(CC(C)N(C)C)cnc2c1. The van der Waals surface area contributed by atoms with Gasteiger partial charge in [0.25, 0.3) is 0 Å². The van der Waals surface area contributed by atoms with Gasteiger partial charge in [-0.1, -0.05) is 0 Å². The van der Waals surface area contributed by atoms with Crippen molar-refractivity contribution in [3.63, 3.8) is 0 Å². The molecule has 0 aromatic carbocycles. The van der Waals surface area contributed by atoms with Crippen molar-refractivity contribution < 1.29 is 4.74 Å². The predicted octanol–water partition coefficient (Wildman–Crippen LogP) is 1.84. The number of fused-ring (bicyclic) bond motifs is 1. The van der Waals surface area contributed by atoms with E-state index < -0.39 is 0 Å². The minimum Gasteiger partial charge on any atom is -0.497 e. The Kier molecular flexibility index (Phi) is 3.33. The van der Waals surface area contributed by atoms with E-state index in [1.54, 1.807) is 7.11 Å². The second-order valence-corrected chi connectivity index (χ2v) is 4.56. The summed E-state index contributed by atoms with van der Waals surface area (Å²) in [7, 11) is 5.86. The lowest BCUT2D eigenvalue weighted by Gasteiger charge is -2.19. The van der Waals surface area contributed by atoms with Gasteiger partial charge in [-0.25, -0.2) is 4.98 Å². The van der Waals surface area contributed by atoms with Crippen LogP contribution in [0.25, 0.3) is 5.65 Å². The van der Waals surface area contributed by atoms with E-state index in [2.05, 4.69) is 35.3 Å². The summed E-state index contributed by atoms with van der Waals surface area (Å²) < 4.78 is 7.30. The molecule has 0 aliphatic rings. The number of imidazole rings is 1. The number of methoxy groups -OCH3 is 1. The van der Waals surface area contributed by atoms with Crippen LogP contribution in [0.4, 0.5) is 0 Å². The maximum Gasteiger partial charge on any atom is 0.140 e. The van der Waals surface area contributed by atoms with Crippen molar-refractivity contribution in [2.45, 2.75) is 19.4 Å². The zero-order chi connectivity index (χ0) is 12.4. The third-order valence-corrected chi connectivity index (χ3v) is 3.18. The largest absolute Gasteiger partial charge is 0.497 e. The molecule has 4 heteroatoms. The highest BCUT2D eigenvalue weighted by molar-refractivity contribution is 5.45. The van der Waals surface area contributed by atoms with Crippen LogP contribution >= 0.6 is 0 Å². The van der Waals surface area contributed by atoms with Crippen LogP contribution in [0.1, 0.15) is 12.6 Å². The third-order valence-electron chi connectivity index (χ3n) is 3.18. The summed E-state index contributed by atoms with van der Waals surface area (Å²) in [4.78, 5) is 6.62. The highest BCUT2D eigenvalue weighted by Gasteiger charge is 2.10. The molecule has 4 nitrogen and oxygen atoms in total. The molecule has 92 valence electrons. The van der Waals surface area contributed by atoms with Crippen LogP contribution in [-0.4, -0.2) is 41.5 Å². The lowest BCUT2D eigenvalue weighted by atomic mass is 10.2. The van der Waals surface area contributed by atoms with Crippen LogP contribution in [0, 0.1) is 0 Å². The molecule has 0 N–H and O–H groups in total. The topological polar surface area (TPSA) is 29.8 Å². The molecule has 0 radical (unpaired) electrons. The van der Waals surface area contributed by atoms with E-state index in [0.717, 1.165) is 17.8 Å². The minimum absolute atomic E-state index is 0.497. The minimum atomic E-state index is 0.497. The van der Waals surface area contributed by atoms with Crippen molar-refractivity contribution in [1.29, 1.82) is 0 Å². The number of hydrogen-bond donors (Lipinski definition) is 0. The average Bonchev–Trinajstić information content (AvgIpc) is 2.71. The van der Waals surface area contributed by atoms with Crippen molar-refractivity contribution in [2.75, 3.05) is 21.2 Å². The Bertz CT molecular complexity index is 504. The Morgan fingerprint density at radius 3 is 2.88 bits per heavy atom. The van der Waals surface area contributed by atoms with Gasteiger partial charge in [-0.15, -0.1) is 0 Å². The van der Waals surface area contributed by atoms with E-state index in [4.69, 9.17) is 4.74 Å². The van der Waals surface area contributed by atoms with Crippen molar-refractivity contribution in [1.82, 2.24) is 14.3 Å². The molecule has 0 bridgehead atoms. The van der Waals surface area contributed by atoms with Gasteiger partial charge in [-0.2, -0.15) is 0 Å². The van der Waals surface area contributed by atoms with E-state index in [9.17, 15) is 0 Å². The zero-order valence-electron chi connectivity index (χ0n) is 10.8. The van der Waals surface area contributed by atoms with Crippen LogP contribution < -0.4 is 4.74 Å². The molecule has 1 atom stereocenters. The van der Waals surface area contributed by atoms with Crippen molar-refractivity contribution in [3.05, 3.63) is 30.2 Å². The van der Waals surface area contributed by atoms with Gasteiger partial charge in [0.15, 0.2) is 0 Å². The quantitative estimate of drug-likeness (QED) is 0.807. The Labute approximate surface area is 102 Å². The molecule has 2 aromatic rings. The van der Waals surface area contributed by atoms with Gasteiger partial charge in [-0.3, -0.25) is 0 Å². The van der Waals surface area contributed by atoms with E-state index in [1.165, 1.54) is 5.69 Å². The molecule has 0 saturated carbocycles. The number of hydrogen-bond acceptors (Lipinski definition) is 3. The van der Waals surface area contributed by atoms with Gasteiger partial charge in [-0.05, 0) is 27.1 Å². The monoisotopic (exact) mass is 233 g/mol. The molecule has 0 aliphatic carbocycles. The highest BCUT2D eigenvalue weighted by atomic mass is 16.5. The van der Waals surface area contributed by atoms with Gasteiger partial charge >= 0.3 is 0 Å². The number of ether oxygens (including phenoxy) is 1. The number of rotatable bonds is 4. The summed E-state index contributed by atoms with van der Waals surface area (Å²) in [6.07, 6.45) is 4.94. The van der Waals surface area contributed by atoms with E-state index in [-0.39, 0.29) is 0 Å². The van der Waals surface area contributed by atoms with Gasteiger partial charge in [0.2, 0.25) is 0 Å². The third kappa shape index (κ3) is 2.42. The Morgan fingerprint density at radius 2 is 2.24 bits per heavy atom. The number of pyridine rings is 1. The molecule has 2 aromatic heterocycles. The number of likely N-dealkylation sites (N-methyl/N-ethyl adjacent to an activating group) is 1. The van der Waals surface area contributed by atoms with Crippen LogP contribution in [0.15, 0.2) is 24.5 Å². The smallest absolute Gasteiger partial charge is 0.140 e. The van der Waals surface area contributed by atoms with Crippen LogP contribution in [-0.2, 0) is 6.42 Å². The van der Waals surface area contributed by atoms with Crippen LogP contribution in [0.3, 0.4) is 0 Å². The summed E-state index contributed by atoms with van der Waals surface area (Å²) in [5.74, 6) is 0.843. The van der Waals surface area contributed by atoms with E-state index in [0.29, 0.717) is 6.04 Å². The van der Waals surface area contributed by atoms with Gasteiger partial charge in [0, 0.05) is 36.6 Å². The maximum atomic E-state index is 5.19. The van der Waals surface area contributed by atoms with E-state index >= 15 is 0 Å². The van der Waals surface area contributed by atoms with Crippen molar-refractivity contribution in [2.24, 2.45) is 0 Å². The first-order chi connectivity index (χ1) is 8.11. The standard InChI is InChI=1S/C13H19N3O/c1-10(15(2)3)7-11-9-14-13-8-12(17-4)5-6-16(11)13/h5-6,8-10H,7H2,1-4H3. The Hall–Kier alpha value is -1.55. The number of nitrogens with zero attached hydrogens (tertiary/aromatic N) is 3. The second kappa shape index (κ2) is 4.75. The molecule has 0 fully saturated rings. The fourth-order valence-corrected chi connectivity index (χ4v) is 1.78. The highest BCUT2D eigenvalue weighted by Crippen LogP contribution is 2.16. The molecule has 17 heavy (non-hydrogen) atoms. The zero-order valence-corrected chi connectivity index (χ0v) is 10.8. The summed E-state index contributed by atoms with van der Waals surface area (Å²) in [5.41, 5.74) is 2.16. The number of aromatic nitrogens is 2. The molecule has 1 unspecified atom stereocenters. The van der Waals surface area contributed by atoms with E-state index in [1.807, 2.05) is 24.5 Å². The summed E-state index contributed by atoms with van der Waals surface area (Å²) in [5, 5.41) is 0. The average molecular weight is 233 g/mol. The Morgan fingerprint density at radius 1 is 1.47 bits per heavy atom. The van der Waals surface area contributed by atoms with Crippen molar-refractivity contribution >= 4 is 5.65 Å². The summed E-state index contributed by atoms with van der Waals surface area (Å²) >= 11 is 0. The molecule has 0 saturated heterocycles. The summed E-state index contributed by atoms with van der Waals surface area (Å²) in [6, 6.07) is 4.40. The van der Waals surface area contributed by atoms with Crippen LogP contribution in [0.2, 0.25) is 0 Å². The summed E-state index contributed by atoms with van der Waals surface area (Å²) in [6.45, 7) is 2.21. The molecular weight excluding hydrogens is 214 g/mol. The fraction of sp³-hybridized carbons (Fsp3) is 0.462. The lowest BCUT2D eigenvalue weighted by Crippen LogP contribution is -2.27. The first-order valence-electron chi connectivity index (χ1n) is 5.78. The van der Waals surface area contributed by atoms with Gasteiger partial charge in [0.05, 0.1) is 7.11 Å². The first kappa shape index (κ1) is 11.9. The lowest BCUT2D eigenvalue weighted by molar-refractivity contribution is 0.310. The first-order valence-corrected chi connectivity index (χ1v) is 5.78.